The van der Waals surface area contributed by atoms with Gasteiger partial charge in [0.2, 0.25) is 0 Å². The van der Waals surface area contributed by atoms with Crippen LogP contribution in [0, 0.1) is 6.92 Å². The molecular formula is C9H14N2O2S. The van der Waals surface area contributed by atoms with E-state index >= 15 is 0 Å². The highest BCUT2D eigenvalue weighted by molar-refractivity contribution is 7.80. The first-order valence-electron chi connectivity index (χ1n) is 4.25. The van der Waals surface area contributed by atoms with Gasteiger partial charge in [-0.1, -0.05) is 0 Å². The minimum Gasteiger partial charge on any atom is -0.389 e. The molecule has 78 valence electrons. The summed E-state index contributed by atoms with van der Waals surface area (Å²) in [5.41, 5.74) is 6.91. The zero-order valence-electron chi connectivity index (χ0n) is 7.88. The van der Waals surface area contributed by atoms with Crippen molar-refractivity contribution in [2.75, 3.05) is 11.5 Å². The van der Waals surface area contributed by atoms with Gasteiger partial charge in [-0.05, 0) is 18.6 Å². The molecule has 0 spiro atoms. The van der Waals surface area contributed by atoms with E-state index < -0.39 is 12.2 Å². The third-order valence-corrected chi connectivity index (χ3v) is 2.33. The molecule has 4 nitrogen and oxygen atoms in total. The molecule has 0 aliphatic rings. The number of aromatic nitrogens is 1. The Morgan fingerprint density at radius 1 is 1.57 bits per heavy atom. The Kier molecular flexibility index (Phi) is 3.74. The van der Waals surface area contributed by atoms with Gasteiger partial charge in [0.25, 0.3) is 0 Å². The van der Waals surface area contributed by atoms with Gasteiger partial charge >= 0.3 is 0 Å². The Hall–Kier alpha value is -0.780. The summed E-state index contributed by atoms with van der Waals surface area (Å²) in [5, 5.41) is 19.1. The smallest absolute Gasteiger partial charge is 0.129 e. The van der Waals surface area contributed by atoms with E-state index in [1.807, 2.05) is 6.92 Å². The fraction of sp³-hybridized carbons (Fsp3) is 0.444. The van der Waals surface area contributed by atoms with Crippen LogP contribution in [0.4, 0.5) is 5.82 Å². The van der Waals surface area contributed by atoms with Crippen LogP contribution in [0.5, 0.6) is 0 Å². The van der Waals surface area contributed by atoms with Gasteiger partial charge in [-0.15, -0.1) is 0 Å². The van der Waals surface area contributed by atoms with E-state index in [1.165, 1.54) is 0 Å². The number of thiol groups is 1. The molecular weight excluding hydrogens is 200 g/mol. The molecule has 2 atom stereocenters. The molecule has 0 saturated heterocycles. The van der Waals surface area contributed by atoms with Crippen LogP contribution in [-0.4, -0.2) is 27.1 Å². The van der Waals surface area contributed by atoms with Crippen LogP contribution in [0.15, 0.2) is 12.3 Å². The summed E-state index contributed by atoms with van der Waals surface area (Å²) < 4.78 is 0. The van der Waals surface area contributed by atoms with Crippen molar-refractivity contribution in [1.29, 1.82) is 0 Å². The zero-order chi connectivity index (χ0) is 10.7. The average molecular weight is 214 g/mol. The maximum Gasteiger partial charge on any atom is 0.129 e. The lowest BCUT2D eigenvalue weighted by molar-refractivity contribution is 0.0340. The Labute approximate surface area is 88.2 Å². The molecule has 5 heteroatoms. The van der Waals surface area contributed by atoms with Gasteiger partial charge in [-0.3, -0.25) is 0 Å². The lowest BCUT2D eigenvalue weighted by atomic mass is 10.0. The van der Waals surface area contributed by atoms with Crippen LogP contribution in [0.3, 0.4) is 0 Å². The third-order valence-electron chi connectivity index (χ3n) is 1.96. The summed E-state index contributed by atoms with van der Waals surface area (Å²) in [6.45, 7) is 1.84. The number of anilines is 1. The van der Waals surface area contributed by atoms with Crippen LogP contribution >= 0.6 is 12.6 Å². The highest BCUT2D eigenvalue weighted by Gasteiger charge is 2.19. The second-order valence-electron chi connectivity index (χ2n) is 3.18. The molecule has 0 fully saturated rings. The zero-order valence-corrected chi connectivity index (χ0v) is 8.78. The molecule has 0 aromatic carbocycles. The molecule has 0 saturated carbocycles. The predicted molar refractivity (Wildman–Crippen MR) is 58.2 cm³/mol. The Morgan fingerprint density at radius 3 is 2.79 bits per heavy atom. The van der Waals surface area contributed by atoms with Gasteiger partial charge in [-0.2, -0.15) is 12.6 Å². The molecule has 1 aromatic heterocycles. The maximum atomic E-state index is 9.68. The van der Waals surface area contributed by atoms with Gasteiger partial charge in [0.1, 0.15) is 11.9 Å². The average Bonchev–Trinajstić information content (AvgIpc) is 2.19. The van der Waals surface area contributed by atoms with E-state index in [4.69, 9.17) is 5.73 Å². The van der Waals surface area contributed by atoms with E-state index in [0.29, 0.717) is 5.56 Å². The number of nitrogens with zero attached hydrogens (tertiary/aromatic N) is 1. The van der Waals surface area contributed by atoms with Crippen LogP contribution in [-0.2, 0) is 0 Å². The van der Waals surface area contributed by atoms with Crippen LogP contribution in [0.1, 0.15) is 17.2 Å². The number of hydrogen-bond acceptors (Lipinski definition) is 5. The molecule has 0 amide bonds. The summed E-state index contributed by atoms with van der Waals surface area (Å²) >= 11 is 3.89. The van der Waals surface area contributed by atoms with Crippen molar-refractivity contribution in [2.45, 2.75) is 19.1 Å². The molecule has 0 aliphatic heterocycles. The van der Waals surface area contributed by atoms with Crippen molar-refractivity contribution in [2.24, 2.45) is 0 Å². The van der Waals surface area contributed by atoms with Gasteiger partial charge in [-0.25, -0.2) is 4.98 Å². The quantitative estimate of drug-likeness (QED) is 0.546. The van der Waals surface area contributed by atoms with Crippen LogP contribution in [0.25, 0.3) is 0 Å². The van der Waals surface area contributed by atoms with E-state index in [9.17, 15) is 10.2 Å². The molecule has 1 heterocycles. The van der Waals surface area contributed by atoms with Gasteiger partial charge in [0.05, 0.1) is 6.10 Å². The van der Waals surface area contributed by atoms with Gasteiger partial charge < -0.3 is 15.9 Å². The first-order valence-corrected chi connectivity index (χ1v) is 4.88. The lowest BCUT2D eigenvalue weighted by Crippen LogP contribution is -2.21. The Balaban J connectivity index is 2.99. The normalized spacial score (nSPS) is 15.1. The van der Waals surface area contributed by atoms with Crippen molar-refractivity contribution in [3.63, 3.8) is 0 Å². The van der Waals surface area contributed by atoms with Crippen molar-refractivity contribution >= 4 is 18.4 Å². The first-order chi connectivity index (χ1) is 6.56. The molecule has 0 aliphatic carbocycles. The molecule has 0 radical (unpaired) electrons. The van der Waals surface area contributed by atoms with Crippen LogP contribution < -0.4 is 5.73 Å². The number of nitrogen functional groups attached to an aromatic ring is 1. The third kappa shape index (κ3) is 2.37. The van der Waals surface area contributed by atoms with E-state index in [2.05, 4.69) is 17.6 Å². The number of nitrogens with two attached hydrogens (primary N) is 1. The molecule has 2 unspecified atom stereocenters. The topological polar surface area (TPSA) is 79.4 Å². The van der Waals surface area contributed by atoms with Crippen molar-refractivity contribution in [3.05, 3.63) is 23.4 Å². The number of rotatable bonds is 3. The lowest BCUT2D eigenvalue weighted by Gasteiger charge is -2.17. The Bertz CT molecular complexity index is 320. The highest BCUT2D eigenvalue weighted by Crippen LogP contribution is 2.22. The minimum atomic E-state index is -1.03. The monoisotopic (exact) mass is 214 g/mol. The fourth-order valence-corrected chi connectivity index (χ4v) is 1.35. The second-order valence-corrected chi connectivity index (χ2v) is 3.55. The summed E-state index contributed by atoms with van der Waals surface area (Å²) in [4.78, 5) is 3.90. The molecule has 0 bridgehead atoms. The minimum absolute atomic E-state index is 0.175. The van der Waals surface area contributed by atoms with Crippen LogP contribution in [0.2, 0.25) is 0 Å². The highest BCUT2D eigenvalue weighted by atomic mass is 32.1. The summed E-state index contributed by atoms with van der Waals surface area (Å²) in [7, 11) is 0. The number of aryl methyl sites for hydroxylation is 1. The maximum absolute atomic E-state index is 9.68. The van der Waals surface area contributed by atoms with Gasteiger partial charge in [0, 0.05) is 17.5 Å². The van der Waals surface area contributed by atoms with E-state index in [-0.39, 0.29) is 11.6 Å². The first kappa shape index (κ1) is 11.3. The SMILES string of the molecule is Cc1cnc(N)c(C(O)C(O)CS)c1. The number of aliphatic hydroxyl groups excluding tert-OH is 2. The van der Waals surface area contributed by atoms with Gasteiger partial charge in [0.15, 0.2) is 0 Å². The summed E-state index contributed by atoms with van der Waals surface area (Å²) in [6.07, 6.45) is -0.345. The van der Waals surface area contributed by atoms with Crippen molar-refractivity contribution in [1.82, 2.24) is 4.98 Å². The number of aliphatic hydroxyl groups is 2. The molecule has 1 rings (SSSR count). The summed E-state index contributed by atoms with van der Waals surface area (Å²) in [6, 6.07) is 1.71. The fourth-order valence-electron chi connectivity index (χ4n) is 1.15. The van der Waals surface area contributed by atoms with E-state index in [0.717, 1.165) is 5.56 Å². The van der Waals surface area contributed by atoms with E-state index in [1.54, 1.807) is 12.3 Å². The standard InChI is InChI=1S/C9H14N2O2S/c1-5-2-6(9(10)11-3-5)8(13)7(12)4-14/h2-3,7-8,12-14H,4H2,1H3,(H2,10,11). The number of hydrogen-bond donors (Lipinski definition) is 4. The van der Waals surface area contributed by atoms with Crippen molar-refractivity contribution in [3.8, 4) is 0 Å². The van der Waals surface area contributed by atoms with Crippen molar-refractivity contribution < 1.29 is 10.2 Å². The second kappa shape index (κ2) is 4.63. The predicted octanol–water partition coefficient (Wildman–Crippen LogP) is 0.296. The molecule has 14 heavy (non-hydrogen) atoms. The molecule has 1 aromatic rings. The number of pyridine rings is 1. The molecule has 4 N–H and O–H groups in total. The summed E-state index contributed by atoms with van der Waals surface area (Å²) in [5.74, 6) is 0.415. The Morgan fingerprint density at radius 2 is 2.21 bits per heavy atom. The largest absolute Gasteiger partial charge is 0.389 e.